The standard InChI is InChI=1S/C18H18F3NO2/c1-11(12-6-8-14(9-7-12)24-18(19,20)21)22-17-15-5-3-2-4-13(15)10-16(17)23/h2-9,11,16-17,22-23H,10H2,1H3. The van der Waals surface area contributed by atoms with E-state index in [9.17, 15) is 18.3 Å². The highest BCUT2D eigenvalue weighted by atomic mass is 19.4. The maximum atomic E-state index is 12.2. The van der Waals surface area contributed by atoms with Crippen molar-refractivity contribution in [3.05, 3.63) is 65.2 Å². The summed E-state index contributed by atoms with van der Waals surface area (Å²) >= 11 is 0. The second-order valence-corrected chi connectivity index (χ2v) is 5.95. The van der Waals surface area contributed by atoms with E-state index in [0.717, 1.165) is 16.7 Å². The lowest BCUT2D eigenvalue weighted by molar-refractivity contribution is -0.274. The molecule has 0 saturated carbocycles. The Morgan fingerprint density at radius 3 is 2.46 bits per heavy atom. The van der Waals surface area contributed by atoms with Crippen LogP contribution in [0.15, 0.2) is 48.5 Å². The fourth-order valence-electron chi connectivity index (χ4n) is 3.10. The lowest BCUT2D eigenvalue weighted by atomic mass is 10.0. The fourth-order valence-corrected chi connectivity index (χ4v) is 3.10. The van der Waals surface area contributed by atoms with Crippen molar-refractivity contribution in [1.82, 2.24) is 5.32 Å². The van der Waals surface area contributed by atoms with Gasteiger partial charge in [-0.05, 0) is 35.7 Å². The van der Waals surface area contributed by atoms with Crippen LogP contribution in [0.5, 0.6) is 5.75 Å². The summed E-state index contributed by atoms with van der Waals surface area (Å²) in [5, 5.41) is 13.6. The van der Waals surface area contributed by atoms with E-state index in [-0.39, 0.29) is 17.8 Å². The first-order chi connectivity index (χ1) is 11.3. The van der Waals surface area contributed by atoms with E-state index in [0.29, 0.717) is 6.42 Å². The van der Waals surface area contributed by atoms with E-state index < -0.39 is 12.5 Å². The van der Waals surface area contributed by atoms with Crippen molar-refractivity contribution in [3.8, 4) is 5.75 Å². The van der Waals surface area contributed by atoms with Gasteiger partial charge in [-0.1, -0.05) is 36.4 Å². The quantitative estimate of drug-likeness (QED) is 0.889. The number of rotatable bonds is 4. The van der Waals surface area contributed by atoms with Gasteiger partial charge < -0.3 is 15.2 Å². The molecule has 3 unspecified atom stereocenters. The van der Waals surface area contributed by atoms with Crippen LogP contribution >= 0.6 is 0 Å². The van der Waals surface area contributed by atoms with Crippen LogP contribution in [0.4, 0.5) is 13.2 Å². The van der Waals surface area contributed by atoms with E-state index in [2.05, 4.69) is 10.1 Å². The van der Waals surface area contributed by atoms with Gasteiger partial charge in [-0.2, -0.15) is 0 Å². The summed E-state index contributed by atoms with van der Waals surface area (Å²) in [7, 11) is 0. The van der Waals surface area contributed by atoms with Crippen molar-refractivity contribution >= 4 is 0 Å². The molecule has 3 atom stereocenters. The minimum absolute atomic E-state index is 0.129. The molecule has 2 N–H and O–H groups in total. The van der Waals surface area contributed by atoms with Gasteiger partial charge in [0.05, 0.1) is 12.1 Å². The molecule has 6 heteroatoms. The number of fused-ring (bicyclic) bond motifs is 1. The average molecular weight is 337 g/mol. The first-order valence-electron chi connectivity index (χ1n) is 7.71. The van der Waals surface area contributed by atoms with Gasteiger partial charge in [0.2, 0.25) is 0 Å². The van der Waals surface area contributed by atoms with Crippen molar-refractivity contribution in [3.63, 3.8) is 0 Å². The molecular formula is C18H18F3NO2. The van der Waals surface area contributed by atoms with Crippen LogP contribution < -0.4 is 10.1 Å². The Morgan fingerprint density at radius 1 is 1.12 bits per heavy atom. The molecule has 0 heterocycles. The Bertz CT molecular complexity index is 700. The topological polar surface area (TPSA) is 41.5 Å². The smallest absolute Gasteiger partial charge is 0.406 e. The number of nitrogens with one attached hydrogen (secondary N) is 1. The number of ether oxygens (including phenoxy) is 1. The van der Waals surface area contributed by atoms with Crippen LogP contribution in [-0.4, -0.2) is 17.6 Å². The summed E-state index contributed by atoms with van der Waals surface area (Å²) in [6.07, 6.45) is -4.61. The number of hydrogen-bond donors (Lipinski definition) is 2. The summed E-state index contributed by atoms with van der Waals surface area (Å²) in [4.78, 5) is 0. The molecule has 3 nitrogen and oxygen atoms in total. The summed E-state index contributed by atoms with van der Waals surface area (Å²) < 4.78 is 40.5. The van der Waals surface area contributed by atoms with Gasteiger partial charge in [-0.15, -0.1) is 13.2 Å². The molecule has 0 amide bonds. The van der Waals surface area contributed by atoms with Gasteiger partial charge in [-0.3, -0.25) is 0 Å². The van der Waals surface area contributed by atoms with Crippen LogP contribution in [0.1, 0.15) is 35.7 Å². The van der Waals surface area contributed by atoms with Gasteiger partial charge in [0.15, 0.2) is 0 Å². The monoisotopic (exact) mass is 337 g/mol. The molecule has 0 aliphatic heterocycles. The van der Waals surface area contributed by atoms with Crippen LogP contribution in [0.2, 0.25) is 0 Å². The van der Waals surface area contributed by atoms with Crippen LogP contribution in [-0.2, 0) is 6.42 Å². The predicted molar refractivity (Wildman–Crippen MR) is 83.6 cm³/mol. The van der Waals surface area contributed by atoms with E-state index in [4.69, 9.17) is 0 Å². The Morgan fingerprint density at radius 2 is 1.79 bits per heavy atom. The molecule has 128 valence electrons. The number of halogens is 3. The van der Waals surface area contributed by atoms with E-state index in [1.807, 2.05) is 31.2 Å². The van der Waals surface area contributed by atoms with Crippen molar-refractivity contribution in [1.29, 1.82) is 0 Å². The number of hydrogen-bond acceptors (Lipinski definition) is 3. The minimum atomic E-state index is -4.69. The third-order valence-electron chi connectivity index (χ3n) is 4.25. The molecule has 0 fully saturated rings. The molecule has 1 aliphatic rings. The zero-order chi connectivity index (χ0) is 17.3. The number of aliphatic hydroxyl groups excluding tert-OH is 1. The summed E-state index contributed by atoms with van der Waals surface area (Å²) in [6.45, 7) is 1.91. The highest BCUT2D eigenvalue weighted by Gasteiger charge is 2.32. The molecule has 0 aromatic heterocycles. The average Bonchev–Trinajstić information content (AvgIpc) is 2.82. The predicted octanol–water partition coefficient (Wildman–Crippen LogP) is 3.89. The van der Waals surface area contributed by atoms with Crippen LogP contribution in [0.25, 0.3) is 0 Å². The maximum absolute atomic E-state index is 12.2. The molecule has 0 bridgehead atoms. The molecule has 2 aromatic carbocycles. The van der Waals surface area contributed by atoms with Crippen LogP contribution in [0.3, 0.4) is 0 Å². The molecule has 1 aliphatic carbocycles. The Labute approximate surface area is 138 Å². The Hall–Kier alpha value is -2.05. The summed E-state index contributed by atoms with van der Waals surface area (Å²) in [5.41, 5.74) is 3.00. The van der Waals surface area contributed by atoms with Crippen molar-refractivity contribution in [2.45, 2.75) is 37.9 Å². The zero-order valence-corrected chi connectivity index (χ0v) is 13.0. The van der Waals surface area contributed by atoms with E-state index >= 15 is 0 Å². The van der Waals surface area contributed by atoms with Crippen molar-refractivity contribution in [2.24, 2.45) is 0 Å². The lowest BCUT2D eigenvalue weighted by Gasteiger charge is -2.23. The van der Waals surface area contributed by atoms with Gasteiger partial charge in [0.25, 0.3) is 0 Å². The SMILES string of the molecule is CC(NC1c2ccccc2CC1O)c1ccc(OC(F)(F)F)cc1. The molecule has 2 aromatic rings. The number of benzene rings is 2. The molecule has 3 rings (SSSR count). The fraction of sp³-hybridized carbons (Fsp3) is 0.333. The zero-order valence-electron chi connectivity index (χ0n) is 13.0. The summed E-state index contributed by atoms with van der Waals surface area (Å²) in [5.74, 6) is -0.246. The lowest BCUT2D eigenvalue weighted by Crippen LogP contribution is -2.31. The maximum Gasteiger partial charge on any atom is 0.573 e. The highest BCUT2D eigenvalue weighted by Crippen LogP contribution is 2.33. The van der Waals surface area contributed by atoms with E-state index in [1.54, 1.807) is 12.1 Å². The van der Waals surface area contributed by atoms with Gasteiger partial charge >= 0.3 is 6.36 Å². The molecule has 24 heavy (non-hydrogen) atoms. The van der Waals surface area contributed by atoms with Crippen molar-refractivity contribution in [2.75, 3.05) is 0 Å². The normalized spacial score (nSPS) is 21.4. The Kier molecular flexibility index (Phi) is 4.51. The van der Waals surface area contributed by atoms with Crippen molar-refractivity contribution < 1.29 is 23.0 Å². The third kappa shape index (κ3) is 3.71. The van der Waals surface area contributed by atoms with Crippen LogP contribution in [0, 0.1) is 0 Å². The molecule has 0 saturated heterocycles. The van der Waals surface area contributed by atoms with Gasteiger partial charge in [0.1, 0.15) is 5.75 Å². The second-order valence-electron chi connectivity index (χ2n) is 5.95. The molecular weight excluding hydrogens is 319 g/mol. The highest BCUT2D eigenvalue weighted by molar-refractivity contribution is 5.37. The van der Waals surface area contributed by atoms with E-state index in [1.165, 1.54) is 12.1 Å². The second kappa shape index (κ2) is 6.45. The number of alkyl halides is 3. The Balaban J connectivity index is 1.70. The summed E-state index contributed by atoms with van der Waals surface area (Å²) in [6, 6.07) is 13.3. The van der Waals surface area contributed by atoms with Gasteiger partial charge in [-0.25, -0.2) is 0 Å². The molecule has 0 spiro atoms. The third-order valence-corrected chi connectivity index (χ3v) is 4.25. The molecule has 0 radical (unpaired) electrons. The first-order valence-corrected chi connectivity index (χ1v) is 7.71. The van der Waals surface area contributed by atoms with Gasteiger partial charge in [0, 0.05) is 12.5 Å². The minimum Gasteiger partial charge on any atom is -0.406 e. The largest absolute Gasteiger partial charge is 0.573 e. The number of aliphatic hydroxyl groups is 1. The first kappa shape index (κ1) is 16.8.